The van der Waals surface area contributed by atoms with Gasteiger partial charge in [-0.05, 0) is 13.8 Å². The fourth-order valence-corrected chi connectivity index (χ4v) is 0.396. The largest absolute Gasteiger partial charge is 0.243 e. The lowest BCUT2D eigenvalue weighted by Crippen LogP contribution is -1.97. The van der Waals surface area contributed by atoms with Crippen LogP contribution in [0.1, 0.15) is 13.8 Å². The third-order valence-electron chi connectivity index (χ3n) is 1.06. The summed E-state index contributed by atoms with van der Waals surface area (Å²) in [5.41, 5.74) is -0.444. The molecule has 0 spiro atoms. The Morgan fingerprint density at radius 3 is 1.90 bits per heavy atom. The van der Waals surface area contributed by atoms with Crippen molar-refractivity contribution in [3.05, 3.63) is 23.8 Å². The molecule has 3 heteroatoms. The average Bonchev–Trinajstić information content (AvgIpc) is 1.84. The van der Waals surface area contributed by atoms with Crippen LogP contribution in [0.4, 0.5) is 13.2 Å². The number of halogens is 3. The van der Waals surface area contributed by atoms with Gasteiger partial charge >= 0.3 is 0 Å². The van der Waals surface area contributed by atoms with Crippen molar-refractivity contribution in [3.63, 3.8) is 0 Å². The minimum atomic E-state index is -1.54. The van der Waals surface area contributed by atoms with Crippen LogP contribution in [0.5, 0.6) is 0 Å². The lowest BCUT2D eigenvalue weighted by molar-refractivity contribution is 0.397. The summed E-state index contributed by atoms with van der Waals surface area (Å²) in [5.74, 6) is -2.22. The fourth-order valence-electron chi connectivity index (χ4n) is 0.396. The van der Waals surface area contributed by atoms with Crippen LogP contribution in [0.25, 0.3) is 0 Å². The van der Waals surface area contributed by atoms with Gasteiger partial charge in [0.1, 0.15) is 12.0 Å². The minimum Gasteiger partial charge on any atom is -0.243 e. The van der Waals surface area contributed by atoms with E-state index in [1.807, 2.05) is 0 Å². The average molecular weight is 150 g/mol. The Kier molecular flexibility index (Phi) is 3.19. The van der Waals surface area contributed by atoms with Crippen molar-refractivity contribution in [2.24, 2.45) is 0 Å². The maximum absolute atomic E-state index is 12.3. The van der Waals surface area contributed by atoms with E-state index in [1.165, 1.54) is 0 Å². The molecule has 0 saturated carbocycles. The van der Waals surface area contributed by atoms with E-state index < -0.39 is 23.4 Å². The van der Waals surface area contributed by atoms with Crippen LogP contribution >= 0.6 is 0 Å². The summed E-state index contributed by atoms with van der Waals surface area (Å²) >= 11 is 0. The smallest absolute Gasteiger partial charge is 0.159 e. The van der Waals surface area contributed by atoms with Crippen LogP contribution < -0.4 is 0 Å². The zero-order valence-electron chi connectivity index (χ0n) is 5.92. The molecule has 0 aliphatic heterocycles. The van der Waals surface area contributed by atoms with Gasteiger partial charge < -0.3 is 0 Å². The molecule has 0 aliphatic carbocycles. The van der Waals surface area contributed by atoms with Gasteiger partial charge in [-0.2, -0.15) is 0 Å². The molecule has 10 heavy (non-hydrogen) atoms. The second-order valence-corrected chi connectivity index (χ2v) is 1.99. The molecule has 0 saturated heterocycles. The maximum atomic E-state index is 12.3. The van der Waals surface area contributed by atoms with E-state index in [1.54, 1.807) is 0 Å². The molecule has 0 nitrogen and oxygen atoms in total. The minimum absolute atomic E-state index is 0.444. The molecule has 0 aromatic heterocycles. The molecule has 0 aliphatic rings. The van der Waals surface area contributed by atoms with Crippen LogP contribution in [0.3, 0.4) is 0 Å². The number of allylic oxidation sites excluding steroid dienone is 3. The Labute approximate surface area is 58.0 Å². The SMILES string of the molecule is C=C(/C(F)=C(\C)F)C(C)F. The van der Waals surface area contributed by atoms with Crippen LogP contribution in [0, 0.1) is 0 Å². The highest BCUT2D eigenvalue weighted by Crippen LogP contribution is 2.19. The number of rotatable bonds is 2. The van der Waals surface area contributed by atoms with E-state index in [2.05, 4.69) is 6.58 Å². The summed E-state index contributed by atoms with van der Waals surface area (Å²) in [6.45, 7) is 5.05. The monoisotopic (exact) mass is 150 g/mol. The molecule has 0 fully saturated rings. The van der Waals surface area contributed by atoms with Gasteiger partial charge in [-0.1, -0.05) is 6.58 Å². The Morgan fingerprint density at radius 2 is 1.80 bits per heavy atom. The second kappa shape index (κ2) is 3.44. The van der Waals surface area contributed by atoms with Gasteiger partial charge in [0.2, 0.25) is 0 Å². The Bertz CT molecular complexity index is 164. The lowest BCUT2D eigenvalue weighted by atomic mass is 10.2. The summed E-state index contributed by atoms with van der Waals surface area (Å²) in [5, 5.41) is 0. The van der Waals surface area contributed by atoms with Crippen molar-refractivity contribution < 1.29 is 13.2 Å². The normalized spacial score (nSPS) is 16.1. The Hall–Kier alpha value is -0.730. The molecule has 1 atom stereocenters. The van der Waals surface area contributed by atoms with Crippen molar-refractivity contribution >= 4 is 0 Å². The van der Waals surface area contributed by atoms with E-state index >= 15 is 0 Å². The summed E-state index contributed by atoms with van der Waals surface area (Å²) in [6, 6.07) is 0. The van der Waals surface area contributed by atoms with E-state index in [9.17, 15) is 13.2 Å². The molecule has 0 N–H and O–H groups in total. The van der Waals surface area contributed by atoms with E-state index in [-0.39, 0.29) is 0 Å². The molecular weight excluding hydrogens is 141 g/mol. The fraction of sp³-hybridized carbons (Fsp3) is 0.429. The first-order chi connectivity index (χ1) is 4.46. The molecule has 58 valence electrons. The summed E-state index contributed by atoms with van der Waals surface area (Å²) in [7, 11) is 0. The van der Waals surface area contributed by atoms with Crippen LogP contribution in [0.15, 0.2) is 23.8 Å². The molecule has 1 unspecified atom stereocenters. The highest BCUT2D eigenvalue weighted by Gasteiger charge is 2.11. The molecule has 0 bridgehead atoms. The maximum Gasteiger partial charge on any atom is 0.159 e. The Morgan fingerprint density at radius 1 is 1.40 bits per heavy atom. The van der Waals surface area contributed by atoms with Crippen molar-refractivity contribution in [1.29, 1.82) is 0 Å². The van der Waals surface area contributed by atoms with Gasteiger partial charge in [0, 0.05) is 5.57 Å². The summed E-state index contributed by atoms with van der Waals surface area (Å²) in [4.78, 5) is 0. The number of hydrogen-bond donors (Lipinski definition) is 0. The Balaban J connectivity index is 4.38. The summed E-state index contributed by atoms with van der Waals surface area (Å²) < 4.78 is 36.5. The highest BCUT2D eigenvalue weighted by molar-refractivity contribution is 5.26. The highest BCUT2D eigenvalue weighted by atomic mass is 19.2. The molecule has 0 aromatic carbocycles. The quantitative estimate of drug-likeness (QED) is 0.530. The molecule has 0 rings (SSSR count). The first kappa shape index (κ1) is 9.27. The van der Waals surface area contributed by atoms with Gasteiger partial charge in [0.25, 0.3) is 0 Å². The van der Waals surface area contributed by atoms with Gasteiger partial charge in [0.05, 0.1) is 0 Å². The third kappa shape index (κ3) is 2.25. The van der Waals surface area contributed by atoms with Crippen molar-refractivity contribution in [2.45, 2.75) is 20.0 Å². The first-order valence-corrected chi connectivity index (χ1v) is 2.82. The van der Waals surface area contributed by atoms with Gasteiger partial charge in [0.15, 0.2) is 5.83 Å². The van der Waals surface area contributed by atoms with Crippen molar-refractivity contribution in [1.82, 2.24) is 0 Å². The molecule has 0 radical (unpaired) electrons. The predicted octanol–water partition coefficient (Wildman–Crippen LogP) is 3.07. The second-order valence-electron chi connectivity index (χ2n) is 1.99. The van der Waals surface area contributed by atoms with Crippen LogP contribution in [-0.4, -0.2) is 6.17 Å². The van der Waals surface area contributed by atoms with Gasteiger partial charge in [-0.25, -0.2) is 13.2 Å². The zero-order valence-corrected chi connectivity index (χ0v) is 5.92. The molecule has 0 heterocycles. The molecule has 0 aromatic rings. The van der Waals surface area contributed by atoms with E-state index in [0.29, 0.717) is 0 Å². The van der Waals surface area contributed by atoms with Gasteiger partial charge in [-0.3, -0.25) is 0 Å². The zero-order chi connectivity index (χ0) is 8.31. The van der Waals surface area contributed by atoms with Crippen LogP contribution in [0.2, 0.25) is 0 Å². The summed E-state index contributed by atoms with van der Waals surface area (Å²) in [6.07, 6.45) is -1.54. The number of hydrogen-bond acceptors (Lipinski definition) is 0. The number of alkyl halides is 1. The van der Waals surface area contributed by atoms with Crippen LogP contribution in [-0.2, 0) is 0 Å². The van der Waals surface area contributed by atoms with Crippen molar-refractivity contribution in [3.8, 4) is 0 Å². The van der Waals surface area contributed by atoms with E-state index in [0.717, 1.165) is 13.8 Å². The first-order valence-electron chi connectivity index (χ1n) is 2.82. The lowest BCUT2D eigenvalue weighted by Gasteiger charge is -2.02. The standard InChI is InChI=1S/C7H9F3/c1-4(5(2)8)7(10)6(3)9/h5H,1H2,2-3H3/b7-6-. The molecule has 0 amide bonds. The van der Waals surface area contributed by atoms with Gasteiger partial charge in [-0.15, -0.1) is 0 Å². The molecular formula is C7H9F3. The topological polar surface area (TPSA) is 0 Å². The van der Waals surface area contributed by atoms with E-state index in [4.69, 9.17) is 0 Å². The van der Waals surface area contributed by atoms with Crippen molar-refractivity contribution in [2.75, 3.05) is 0 Å². The third-order valence-corrected chi connectivity index (χ3v) is 1.06. The predicted molar refractivity (Wildman–Crippen MR) is 34.6 cm³/mol.